The molecule has 0 saturated carbocycles. The molecule has 3 aromatic rings. The van der Waals surface area contributed by atoms with Crippen LogP contribution in [0.4, 0.5) is 0 Å². The number of benzene rings is 2. The lowest BCUT2D eigenvalue weighted by Crippen LogP contribution is -2.25. The predicted octanol–water partition coefficient (Wildman–Crippen LogP) is 2.11. The van der Waals surface area contributed by atoms with Gasteiger partial charge >= 0.3 is 0 Å². The normalized spacial score (nSPS) is 12.6. The molecule has 0 spiro atoms. The number of para-hydroxylation sites is 2. The number of fused-ring (bicyclic) bond motifs is 1. The maximum absolute atomic E-state index is 12.6. The summed E-state index contributed by atoms with van der Waals surface area (Å²) in [5.41, 5.74) is 1.63. The SMILES string of the molecule is Cn1c(CNS(=O)(=O)c2cc(S(C)(=O)=O)ccc2Cl)nc2ccccc21. The van der Waals surface area contributed by atoms with Crippen molar-refractivity contribution in [3.63, 3.8) is 0 Å². The molecule has 0 fully saturated rings. The Bertz CT molecular complexity index is 1200. The lowest BCUT2D eigenvalue weighted by atomic mass is 10.3. The first-order chi connectivity index (χ1) is 12.1. The van der Waals surface area contributed by atoms with E-state index in [1.165, 1.54) is 12.1 Å². The van der Waals surface area contributed by atoms with Gasteiger partial charge in [-0.25, -0.2) is 26.5 Å². The molecule has 0 aliphatic rings. The Morgan fingerprint density at radius 2 is 1.81 bits per heavy atom. The van der Waals surface area contributed by atoms with E-state index in [-0.39, 0.29) is 21.4 Å². The smallest absolute Gasteiger partial charge is 0.242 e. The maximum Gasteiger partial charge on any atom is 0.242 e. The van der Waals surface area contributed by atoms with Gasteiger partial charge in [0.2, 0.25) is 10.0 Å². The van der Waals surface area contributed by atoms with Crippen LogP contribution in [-0.4, -0.2) is 32.6 Å². The highest BCUT2D eigenvalue weighted by atomic mass is 35.5. The van der Waals surface area contributed by atoms with E-state index in [0.717, 1.165) is 23.4 Å². The van der Waals surface area contributed by atoms with Crippen LogP contribution in [0.1, 0.15) is 5.82 Å². The third kappa shape index (κ3) is 3.61. The first-order valence-electron chi connectivity index (χ1n) is 7.49. The van der Waals surface area contributed by atoms with Crippen LogP contribution < -0.4 is 4.72 Å². The van der Waals surface area contributed by atoms with E-state index >= 15 is 0 Å². The molecular formula is C16H16ClN3O4S2. The fourth-order valence-electron chi connectivity index (χ4n) is 2.51. The third-order valence-electron chi connectivity index (χ3n) is 3.92. The van der Waals surface area contributed by atoms with Gasteiger partial charge in [-0.05, 0) is 30.3 Å². The third-order valence-corrected chi connectivity index (χ3v) is 6.91. The summed E-state index contributed by atoms with van der Waals surface area (Å²) in [6.07, 6.45) is 1.000. The molecule has 2 aromatic carbocycles. The van der Waals surface area contributed by atoms with Crippen LogP contribution in [0.2, 0.25) is 5.02 Å². The van der Waals surface area contributed by atoms with E-state index < -0.39 is 19.9 Å². The molecule has 26 heavy (non-hydrogen) atoms. The van der Waals surface area contributed by atoms with Crippen molar-refractivity contribution < 1.29 is 16.8 Å². The molecular weight excluding hydrogens is 398 g/mol. The van der Waals surface area contributed by atoms with Crippen molar-refractivity contribution >= 4 is 42.5 Å². The number of nitrogens with one attached hydrogen (secondary N) is 1. The Kier molecular flexibility index (Phi) is 4.82. The number of rotatable bonds is 5. The van der Waals surface area contributed by atoms with Gasteiger partial charge in [0.25, 0.3) is 0 Å². The first kappa shape index (κ1) is 18.8. The molecule has 0 aliphatic heterocycles. The largest absolute Gasteiger partial charge is 0.330 e. The second-order valence-electron chi connectivity index (χ2n) is 5.76. The van der Waals surface area contributed by atoms with E-state index in [1.807, 2.05) is 24.3 Å². The minimum atomic E-state index is -4.03. The molecule has 0 amide bonds. The molecule has 0 saturated heterocycles. The number of sulfonamides is 1. The molecule has 10 heteroatoms. The molecule has 0 aliphatic carbocycles. The molecule has 0 unspecified atom stereocenters. The average Bonchev–Trinajstić information content (AvgIpc) is 2.89. The van der Waals surface area contributed by atoms with Gasteiger partial charge < -0.3 is 4.57 Å². The highest BCUT2D eigenvalue weighted by molar-refractivity contribution is 7.91. The number of aromatic nitrogens is 2. The number of hydrogen-bond acceptors (Lipinski definition) is 5. The van der Waals surface area contributed by atoms with Gasteiger partial charge in [0.1, 0.15) is 10.7 Å². The van der Waals surface area contributed by atoms with Crippen molar-refractivity contribution in [2.24, 2.45) is 7.05 Å². The van der Waals surface area contributed by atoms with Crippen molar-refractivity contribution in [1.82, 2.24) is 14.3 Å². The predicted molar refractivity (Wildman–Crippen MR) is 99.3 cm³/mol. The summed E-state index contributed by atoms with van der Waals surface area (Å²) in [6.45, 7) is -0.0626. The monoisotopic (exact) mass is 413 g/mol. The van der Waals surface area contributed by atoms with Crippen LogP contribution in [0.3, 0.4) is 0 Å². The topological polar surface area (TPSA) is 98.1 Å². The van der Waals surface area contributed by atoms with Gasteiger partial charge in [-0.2, -0.15) is 0 Å². The summed E-state index contributed by atoms with van der Waals surface area (Å²) < 4.78 is 52.8. The van der Waals surface area contributed by atoms with Gasteiger partial charge in [0, 0.05) is 13.3 Å². The van der Waals surface area contributed by atoms with Crippen LogP contribution >= 0.6 is 11.6 Å². The zero-order valence-electron chi connectivity index (χ0n) is 14.0. The molecule has 138 valence electrons. The highest BCUT2D eigenvalue weighted by Gasteiger charge is 2.21. The minimum absolute atomic E-state index is 0.0603. The Balaban J connectivity index is 1.93. The molecule has 1 N–H and O–H groups in total. The van der Waals surface area contributed by atoms with Crippen LogP contribution in [-0.2, 0) is 33.5 Å². The summed E-state index contributed by atoms with van der Waals surface area (Å²) in [5, 5.41) is -0.0603. The summed E-state index contributed by atoms with van der Waals surface area (Å²) in [4.78, 5) is 3.98. The average molecular weight is 414 g/mol. The van der Waals surface area contributed by atoms with Crippen LogP contribution in [0.25, 0.3) is 11.0 Å². The minimum Gasteiger partial charge on any atom is -0.330 e. The lowest BCUT2D eigenvalue weighted by molar-refractivity contribution is 0.577. The molecule has 7 nitrogen and oxygen atoms in total. The zero-order chi connectivity index (χ0) is 19.1. The lowest BCUT2D eigenvalue weighted by Gasteiger charge is -2.10. The van der Waals surface area contributed by atoms with Crippen LogP contribution in [0.5, 0.6) is 0 Å². The van der Waals surface area contributed by atoms with Gasteiger partial charge in [-0.1, -0.05) is 23.7 Å². The molecule has 3 rings (SSSR count). The number of aryl methyl sites for hydroxylation is 1. The van der Waals surface area contributed by atoms with Crippen molar-refractivity contribution in [3.05, 3.63) is 53.3 Å². The van der Waals surface area contributed by atoms with Crippen molar-refractivity contribution in [3.8, 4) is 0 Å². The number of hydrogen-bond donors (Lipinski definition) is 1. The molecule has 0 radical (unpaired) electrons. The number of sulfone groups is 1. The fourth-order valence-corrected chi connectivity index (χ4v) is 4.74. The Hall–Kier alpha value is -1.94. The van der Waals surface area contributed by atoms with E-state index in [9.17, 15) is 16.8 Å². The van der Waals surface area contributed by atoms with Crippen molar-refractivity contribution in [2.45, 2.75) is 16.3 Å². The van der Waals surface area contributed by atoms with E-state index in [1.54, 1.807) is 11.6 Å². The van der Waals surface area contributed by atoms with Crippen LogP contribution in [0.15, 0.2) is 52.3 Å². The van der Waals surface area contributed by atoms with E-state index in [4.69, 9.17) is 11.6 Å². The Morgan fingerprint density at radius 3 is 2.46 bits per heavy atom. The van der Waals surface area contributed by atoms with E-state index in [0.29, 0.717) is 5.82 Å². The molecule has 1 heterocycles. The fraction of sp³-hybridized carbons (Fsp3) is 0.188. The second-order valence-corrected chi connectivity index (χ2v) is 9.92. The Morgan fingerprint density at radius 1 is 1.12 bits per heavy atom. The summed E-state index contributed by atoms with van der Waals surface area (Å²) in [6, 6.07) is 11.0. The summed E-state index contributed by atoms with van der Waals surface area (Å²) in [7, 11) is -5.80. The van der Waals surface area contributed by atoms with Crippen molar-refractivity contribution in [2.75, 3.05) is 6.26 Å². The highest BCUT2D eigenvalue weighted by Crippen LogP contribution is 2.25. The maximum atomic E-state index is 12.6. The van der Waals surface area contributed by atoms with Gasteiger partial charge in [0.15, 0.2) is 9.84 Å². The van der Waals surface area contributed by atoms with Gasteiger partial charge in [-0.15, -0.1) is 0 Å². The second kappa shape index (κ2) is 6.66. The molecule has 0 bridgehead atoms. The first-order valence-corrected chi connectivity index (χ1v) is 11.2. The van der Waals surface area contributed by atoms with Gasteiger partial charge in [0.05, 0.1) is 27.5 Å². The summed E-state index contributed by atoms with van der Waals surface area (Å²) in [5.74, 6) is 0.519. The zero-order valence-corrected chi connectivity index (χ0v) is 16.4. The number of imidazole rings is 1. The molecule has 1 aromatic heterocycles. The number of halogens is 1. The standard InChI is InChI=1S/C16H16ClN3O4S2/c1-20-14-6-4-3-5-13(14)19-16(20)10-18-26(23,24)15-9-11(25(2,21)22)7-8-12(15)17/h3-9,18H,10H2,1-2H3. The quantitative estimate of drug-likeness (QED) is 0.690. The summed E-state index contributed by atoms with van der Waals surface area (Å²) >= 11 is 5.97. The van der Waals surface area contributed by atoms with Crippen molar-refractivity contribution in [1.29, 1.82) is 0 Å². The van der Waals surface area contributed by atoms with E-state index in [2.05, 4.69) is 9.71 Å². The Labute approximate surface area is 156 Å². The van der Waals surface area contributed by atoms with Crippen LogP contribution in [0, 0.1) is 0 Å². The number of nitrogens with zero attached hydrogens (tertiary/aromatic N) is 2. The van der Waals surface area contributed by atoms with Gasteiger partial charge in [-0.3, -0.25) is 0 Å². The molecule has 0 atom stereocenters.